The van der Waals surface area contributed by atoms with Gasteiger partial charge in [0.1, 0.15) is 5.69 Å². The number of carbonyl (C=O) groups is 2. The summed E-state index contributed by atoms with van der Waals surface area (Å²) < 4.78 is 0. The third-order valence-electron chi connectivity index (χ3n) is 2.33. The molecule has 0 bridgehead atoms. The molecule has 0 fully saturated rings. The monoisotopic (exact) mass is 187 g/mol. The van der Waals surface area contributed by atoms with Crippen LogP contribution in [0.25, 0.3) is 0 Å². The maximum Gasteiger partial charge on any atom is 0.207 e. The quantitative estimate of drug-likeness (QED) is 0.621. The summed E-state index contributed by atoms with van der Waals surface area (Å²) in [7, 11) is 0. The van der Waals surface area contributed by atoms with Crippen LogP contribution < -0.4 is 0 Å². The Morgan fingerprint density at radius 3 is 2.64 bits per heavy atom. The summed E-state index contributed by atoms with van der Waals surface area (Å²) in [5, 5.41) is 0. The Morgan fingerprint density at radius 1 is 1.21 bits per heavy atom. The molecule has 0 spiro atoms. The molecule has 0 amide bonds. The highest BCUT2D eigenvalue weighted by molar-refractivity contribution is 6.23. The van der Waals surface area contributed by atoms with E-state index in [-0.39, 0.29) is 17.3 Å². The van der Waals surface area contributed by atoms with Gasteiger partial charge in [0, 0.05) is 11.8 Å². The highest BCUT2D eigenvalue weighted by Gasteiger charge is 2.25. The van der Waals surface area contributed by atoms with Crippen LogP contribution in [0.2, 0.25) is 0 Å². The average molecular weight is 187 g/mol. The van der Waals surface area contributed by atoms with E-state index in [1.807, 2.05) is 0 Å². The Kier molecular flexibility index (Phi) is 1.81. The highest BCUT2D eigenvalue weighted by Crippen LogP contribution is 2.21. The van der Waals surface area contributed by atoms with Crippen molar-refractivity contribution in [3.63, 3.8) is 0 Å². The van der Waals surface area contributed by atoms with E-state index in [2.05, 4.69) is 4.98 Å². The predicted octanol–water partition coefficient (Wildman–Crippen LogP) is 1.72. The van der Waals surface area contributed by atoms with Crippen molar-refractivity contribution in [3.8, 4) is 0 Å². The predicted molar refractivity (Wildman–Crippen MR) is 51.4 cm³/mol. The molecular weight excluding hydrogens is 178 g/mol. The van der Waals surface area contributed by atoms with Crippen molar-refractivity contribution in [3.05, 3.63) is 40.7 Å². The Balaban J connectivity index is 2.75. The molecule has 70 valence electrons. The Labute approximate surface area is 81.5 Å². The van der Waals surface area contributed by atoms with Crippen LogP contribution in [0, 0.1) is 6.92 Å². The van der Waals surface area contributed by atoms with E-state index >= 15 is 0 Å². The second kappa shape index (κ2) is 2.87. The van der Waals surface area contributed by atoms with E-state index < -0.39 is 0 Å². The number of ketones is 2. The van der Waals surface area contributed by atoms with Crippen LogP contribution in [0.5, 0.6) is 0 Å². The number of rotatable bonds is 0. The van der Waals surface area contributed by atoms with Gasteiger partial charge in [-0.25, -0.2) is 0 Å². The zero-order chi connectivity index (χ0) is 10.3. The van der Waals surface area contributed by atoms with E-state index in [1.165, 1.54) is 6.08 Å². The van der Waals surface area contributed by atoms with Crippen molar-refractivity contribution in [1.29, 1.82) is 0 Å². The van der Waals surface area contributed by atoms with Gasteiger partial charge in [-0.1, -0.05) is 0 Å². The standard InChI is InChI=1S/C11H9NO2/c1-6-3-4-12-10-9(6)8(13)5-7(2)11(10)14/h3-5H,1-2H3. The van der Waals surface area contributed by atoms with E-state index in [9.17, 15) is 9.59 Å². The van der Waals surface area contributed by atoms with Crippen LogP contribution in [0.4, 0.5) is 0 Å². The van der Waals surface area contributed by atoms with Crippen molar-refractivity contribution in [1.82, 2.24) is 4.98 Å². The first-order valence-electron chi connectivity index (χ1n) is 4.34. The molecule has 1 heterocycles. The molecule has 0 aliphatic heterocycles. The van der Waals surface area contributed by atoms with Crippen LogP contribution in [0.3, 0.4) is 0 Å². The maximum atomic E-state index is 11.6. The van der Waals surface area contributed by atoms with E-state index in [1.54, 1.807) is 26.1 Å². The second-order valence-corrected chi connectivity index (χ2v) is 3.37. The molecule has 0 N–H and O–H groups in total. The number of fused-ring (bicyclic) bond motifs is 1. The lowest BCUT2D eigenvalue weighted by Crippen LogP contribution is -2.18. The molecule has 0 unspecified atom stereocenters. The van der Waals surface area contributed by atoms with Gasteiger partial charge in [0.05, 0.1) is 5.56 Å². The van der Waals surface area contributed by atoms with E-state index in [0.29, 0.717) is 11.1 Å². The fraction of sp³-hybridized carbons (Fsp3) is 0.182. The Bertz CT molecular complexity index is 472. The molecule has 3 heteroatoms. The van der Waals surface area contributed by atoms with Crippen LogP contribution in [-0.2, 0) is 0 Å². The largest absolute Gasteiger partial charge is 0.289 e. The van der Waals surface area contributed by atoms with Crippen LogP contribution >= 0.6 is 0 Å². The number of aromatic nitrogens is 1. The summed E-state index contributed by atoms with van der Waals surface area (Å²) in [6, 6.07) is 1.73. The maximum absolute atomic E-state index is 11.6. The minimum Gasteiger partial charge on any atom is -0.289 e. The van der Waals surface area contributed by atoms with Crippen molar-refractivity contribution in [2.75, 3.05) is 0 Å². The zero-order valence-corrected chi connectivity index (χ0v) is 8.00. The van der Waals surface area contributed by atoms with Gasteiger partial charge in [-0.05, 0) is 31.6 Å². The SMILES string of the molecule is CC1=CC(=O)c2c(C)ccnc2C1=O. The van der Waals surface area contributed by atoms with Crippen molar-refractivity contribution in [2.24, 2.45) is 0 Å². The summed E-state index contributed by atoms with van der Waals surface area (Å²) in [6.45, 7) is 3.44. The zero-order valence-electron chi connectivity index (χ0n) is 8.00. The molecule has 0 saturated heterocycles. The first-order valence-corrected chi connectivity index (χ1v) is 4.34. The van der Waals surface area contributed by atoms with Crippen LogP contribution in [0.15, 0.2) is 23.9 Å². The smallest absolute Gasteiger partial charge is 0.207 e. The van der Waals surface area contributed by atoms with Crippen molar-refractivity contribution < 1.29 is 9.59 Å². The van der Waals surface area contributed by atoms with Gasteiger partial charge in [-0.15, -0.1) is 0 Å². The molecule has 0 saturated carbocycles. The first kappa shape index (κ1) is 8.81. The minimum atomic E-state index is -0.150. The van der Waals surface area contributed by atoms with Gasteiger partial charge in [0.15, 0.2) is 5.78 Å². The number of hydrogen-bond donors (Lipinski definition) is 0. The Hall–Kier alpha value is -1.77. The molecule has 2 rings (SSSR count). The molecule has 1 aliphatic rings. The average Bonchev–Trinajstić information content (AvgIpc) is 2.14. The molecule has 14 heavy (non-hydrogen) atoms. The lowest BCUT2D eigenvalue weighted by atomic mass is 9.92. The summed E-state index contributed by atoms with van der Waals surface area (Å²) in [5.74, 6) is -0.272. The van der Waals surface area contributed by atoms with Crippen LogP contribution in [0.1, 0.15) is 33.3 Å². The summed E-state index contributed by atoms with van der Waals surface area (Å²) in [5.41, 5.74) is 2.00. The number of aryl methyl sites for hydroxylation is 1. The lowest BCUT2D eigenvalue weighted by molar-refractivity contribution is 0.0980. The normalized spacial score (nSPS) is 15.1. The van der Waals surface area contributed by atoms with Crippen molar-refractivity contribution >= 4 is 11.6 Å². The topological polar surface area (TPSA) is 47.0 Å². The number of allylic oxidation sites excluding steroid dienone is 2. The number of Topliss-reactive ketones (excluding diaryl/α,β-unsaturated/α-hetero) is 1. The first-order chi connectivity index (χ1) is 6.61. The van der Waals surface area contributed by atoms with Gasteiger partial charge in [-0.2, -0.15) is 0 Å². The van der Waals surface area contributed by atoms with Gasteiger partial charge in [-0.3, -0.25) is 14.6 Å². The fourth-order valence-electron chi connectivity index (χ4n) is 1.56. The molecule has 3 nitrogen and oxygen atoms in total. The number of pyridine rings is 1. The van der Waals surface area contributed by atoms with Gasteiger partial charge >= 0.3 is 0 Å². The molecule has 1 aromatic heterocycles. The Morgan fingerprint density at radius 2 is 1.93 bits per heavy atom. The van der Waals surface area contributed by atoms with Gasteiger partial charge < -0.3 is 0 Å². The number of nitrogens with zero attached hydrogens (tertiary/aromatic N) is 1. The summed E-state index contributed by atoms with van der Waals surface area (Å²) in [6.07, 6.45) is 2.93. The van der Waals surface area contributed by atoms with E-state index in [4.69, 9.17) is 0 Å². The highest BCUT2D eigenvalue weighted by atomic mass is 16.1. The fourth-order valence-corrected chi connectivity index (χ4v) is 1.56. The second-order valence-electron chi connectivity index (χ2n) is 3.37. The number of carbonyl (C=O) groups excluding carboxylic acids is 2. The molecule has 0 atom stereocenters. The molecular formula is C11H9NO2. The number of hydrogen-bond acceptors (Lipinski definition) is 3. The third-order valence-corrected chi connectivity index (χ3v) is 2.33. The molecule has 1 aliphatic carbocycles. The van der Waals surface area contributed by atoms with E-state index in [0.717, 1.165) is 5.56 Å². The molecule has 1 aromatic rings. The van der Waals surface area contributed by atoms with Crippen LogP contribution in [-0.4, -0.2) is 16.6 Å². The third kappa shape index (κ3) is 1.09. The van der Waals surface area contributed by atoms with Gasteiger partial charge in [0.25, 0.3) is 0 Å². The lowest BCUT2D eigenvalue weighted by Gasteiger charge is -2.12. The van der Waals surface area contributed by atoms with Crippen molar-refractivity contribution in [2.45, 2.75) is 13.8 Å². The molecule has 0 aromatic carbocycles. The van der Waals surface area contributed by atoms with Gasteiger partial charge in [0.2, 0.25) is 5.78 Å². The minimum absolute atomic E-state index is 0.122. The summed E-state index contributed by atoms with van der Waals surface area (Å²) >= 11 is 0. The summed E-state index contributed by atoms with van der Waals surface area (Å²) in [4.78, 5) is 27.2. The molecule has 0 radical (unpaired) electrons.